The van der Waals surface area contributed by atoms with Crippen molar-refractivity contribution in [2.45, 2.75) is 282 Å². The molecule has 380 valence electrons. The maximum Gasteiger partial charge on any atom is 0.397 e. The Morgan fingerprint density at radius 2 is 1.00 bits per heavy atom. The van der Waals surface area contributed by atoms with Crippen LogP contribution in [-0.2, 0) is 38.3 Å². The molecule has 0 aliphatic carbocycles. The zero-order chi connectivity index (χ0) is 46.8. The Hall–Kier alpha value is -1.16. The van der Waals surface area contributed by atoms with E-state index in [0.29, 0.717) is 13.0 Å². The van der Waals surface area contributed by atoms with Gasteiger partial charge in [-0.05, 0) is 32.1 Å². The zero-order valence-corrected chi connectivity index (χ0v) is 41.7. The maximum absolute atomic E-state index is 12.9. The van der Waals surface area contributed by atoms with E-state index in [9.17, 15) is 33.1 Å². The van der Waals surface area contributed by atoms with Crippen molar-refractivity contribution in [2.24, 2.45) is 0 Å². The van der Waals surface area contributed by atoms with Crippen LogP contribution in [0.1, 0.15) is 245 Å². The first kappa shape index (κ1) is 60.9. The zero-order valence-electron chi connectivity index (χ0n) is 40.9. The number of ether oxygens (including phenoxy) is 4. The Morgan fingerprint density at radius 1 is 0.578 bits per heavy atom. The van der Waals surface area contributed by atoms with Gasteiger partial charge in [-0.3, -0.25) is 9.35 Å². The van der Waals surface area contributed by atoms with Gasteiger partial charge in [0.25, 0.3) is 0 Å². The van der Waals surface area contributed by atoms with E-state index in [1.165, 1.54) is 173 Å². The van der Waals surface area contributed by atoms with E-state index in [2.05, 4.69) is 30.2 Å². The fraction of sp³-hybridized carbons (Fsp3) is 0.941. The molecule has 0 saturated carbocycles. The predicted molar refractivity (Wildman–Crippen MR) is 258 cm³/mol. The molecule has 0 amide bonds. The summed E-state index contributed by atoms with van der Waals surface area (Å²) in [5.41, 5.74) is 0. The van der Waals surface area contributed by atoms with Crippen molar-refractivity contribution in [2.75, 3.05) is 26.4 Å². The van der Waals surface area contributed by atoms with E-state index >= 15 is 0 Å². The minimum atomic E-state index is -5.06. The Labute approximate surface area is 391 Å². The summed E-state index contributed by atoms with van der Waals surface area (Å²) < 4.78 is 59.2. The van der Waals surface area contributed by atoms with Crippen LogP contribution in [0.25, 0.3) is 0 Å². The van der Waals surface area contributed by atoms with Crippen molar-refractivity contribution in [1.82, 2.24) is 0 Å². The Morgan fingerprint density at radius 3 is 1.45 bits per heavy atom. The number of hydrogen-bond acceptors (Lipinski definition) is 11. The predicted octanol–water partition coefficient (Wildman–Crippen LogP) is 12.2. The van der Waals surface area contributed by atoms with E-state index in [-0.39, 0.29) is 19.6 Å². The lowest BCUT2D eigenvalue weighted by molar-refractivity contribution is -0.301. The van der Waals surface area contributed by atoms with Crippen LogP contribution in [0.5, 0.6) is 0 Å². The second-order valence-corrected chi connectivity index (χ2v) is 19.5. The van der Waals surface area contributed by atoms with Crippen molar-refractivity contribution in [3.63, 3.8) is 0 Å². The molecule has 64 heavy (non-hydrogen) atoms. The second-order valence-electron chi connectivity index (χ2n) is 18.5. The first-order chi connectivity index (χ1) is 31.1. The van der Waals surface area contributed by atoms with Crippen molar-refractivity contribution >= 4 is 16.4 Å². The van der Waals surface area contributed by atoms with Crippen LogP contribution in [0.3, 0.4) is 0 Å². The molecule has 4 N–H and O–H groups in total. The van der Waals surface area contributed by atoms with E-state index in [0.717, 1.165) is 44.9 Å². The molecule has 1 heterocycles. The smallest absolute Gasteiger partial charge is 0.397 e. The fourth-order valence-corrected chi connectivity index (χ4v) is 8.87. The molecule has 6 atom stereocenters. The van der Waals surface area contributed by atoms with Gasteiger partial charge in [0.1, 0.15) is 30.5 Å². The number of rotatable bonds is 47. The summed E-state index contributed by atoms with van der Waals surface area (Å²) in [7, 11) is -5.06. The van der Waals surface area contributed by atoms with Gasteiger partial charge in [0.05, 0.1) is 19.8 Å². The molecule has 13 heteroatoms. The van der Waals surface area contributed by atoms with Gasteiger partial charge < -0.3 is 34.3 Å². The summed E-state index contributed by atoms with van der Waals surface area (Å²) >= 11 is 0. The molecule has 1 fully saturated rings. The van der Waals surface area contributed by atoms with Crippen LogP contribution in [-0.4, -0.2) is 97.5 Å². The largest absolute Gasteiger partial charge is 0.457 e. The van der Waals surface area contributed by atoms with Gasteiger partial charge >= 0.3 is 16.4 Å². The molecular weight excluding hydrogens is 837 g/mol. The minimum absolute atomic E-state index is 0.0371. The number of allylic oxidation sites excluding steroid dienone is 2. The van der Waals surface area contributed by atoms with Crippen molar-refractivity contribution in [1.29, 1.82) is 0 Å². The molecule has 0 aromatic rings. The summed E-state index contributed by atoms with van der Waals surface area (Å²) in [5, 5.41) is 30.7. The molecule has 1 rings (SSSR count). The average Bonchev–Trinajstić information content (AvgIpc) is 3.27. The summed E-state index contributed by atoms with van der Waals surface area (Å²) in [6, 6.07) is 0. The monoisotopic (exact) mass is 935 g/mol. The van der Waals surface area contributed by atoms with Gasteiger partial charge in [-0.25, -0.2) is 4.18 Å². The topological polar surface area (TPSA) is 178 Å². The number of esters is 1. The molecule has 1 aliphatic heterocycles. The lowest BCUT2D eigenvalue weighted by Gasteiger charge is -2.41. The Kier molecular flexibility index (Phi) is 41.0. The van der Waals surface area contributed by atoms with Gasteiger partial charge in [-0.2, -0.15) is 8.42 Å². The molecule has 0 aromatic heterocycles. The minimum Gasteiger partial charge on any atom is -0.457 e. The molecule has 6 unspecified atom stereocenters. The first-order valence-corrected chi connectivity index (χ1v) is 27.8. The number of carbonyl (C=O) groups excluding carboxylic acids is 1. The van der Waals surface area contributed by atoms with Crippen molar-refractivity contribution in [3.8, 4) is 0 Å². The standard InChI is InChI=1S/C51H98O12S/c1-3-5-7-9-11-13-15-17-18-19-20-21-22-23-24-25-26-27-28-29-30-32-34-36-38-40-47(53)61-45(43-59-41-39-37-35-33-31-16-14-12-10-8-6-4-2)44-60-51-49(55)50(63-64(56,57)58)48(54)46(42-52)62-51/h10,12,45-46,48-52,54-55H,3-9,11,13-44H2,1-2H3,(H,56,57,58)/b12-10-. The van der Waals surface area contributed by atoms with Gasteiger partial charge in [-0.1, -0.05) is 219 Å². The fourth-order valence-electron chi connectivity index (χ4n) is 8.36. The van der Waals surface area contributed by atoms with Gasteiger partial charge in [0.2, 0.25) is 0 Å². The molecule has 0 bridgehead atoms. The highest BCUT2D eigenvalue weighted by Gasteiger charge is 2.48. The quantitative estimate of drug-likeness (QED) is 0.0197. The van der Waals surface area contributed by atoms with E-state index in [4.69, 9.17) is 18.9 Å². The molecule has 0 radical (unpaired) electrons. The second kappa shape index (κ2) is 43.1. The lowest BCUT2D eigenvalue weighted by Crippen LogP contribution is -2.60. The van der Waals surface area contributed by atoms with Crippen LogP contribution in [0, 0.1) is 0 Å². The summed E-state index contributed by atoms with van der Waals surface area (Å²) in [4.78, 5) is 12.9. The van der Waals surface area contributed by atoms with Crippen molar-refractivity contribution in [3.05, 3.63) is 12.2 Å². The molecule has 0 spiro atoms. The highest BCUT2D eigenvalue weighted by atomic mass is 32.3. The Bertz CT molecular complexity index is 1170. The van der Waals surface area contributed by atoms with Crippen LogP contribution < -0.4 is 0 Å². The number of aliphatic hydroxyl groups is 3. The van der Waals surface area contributed by atoms with Crippen LogP contribution in [0.15, 0.2) is 12.2 Å². The third-order valence-corrected chi connectivity index (χ3v) is 12.9. The first-order valence-electron chi connectivity index (χ1n) is 26.4. The van der Waals surface area contributed by atoms with Gasteiger partial charge in [-0.15, -0.1) is 0 Å². The molecule has 1 saturated heterocycles. The number of carbonyl (C=O) groups is 1. The van der Waals surface area contributed by atoms with Gasteiger partial charge in [0.15, 0.2) is 6.29 Å². The van der Waals surface area contributed by atoms with E-state index in [1.54, 1.807) is 0 Å². The number of unbranched alkanes of at least 4 members (excludes halogenated alkanes) is 32. The molecule has 12 nitrogen and oxygen atoms in total. The Balaban J connectivity index is 2.26. The normalized spacial score (nSPS) is 19.8. The average molecular weight is 935 g/mol. The van der Waals surface area contributed by atoms with Crippen molar-refractivity contribution < 1.29 is 56.2 Å². The van der Waals surface area contributed by atoms with Crippen LogP contribution in [0.2, 0.25) is 0 Å². The lowest BCUT2D eigenvalue weighted by atomic mass is 9.99. The number of hydrogen-bond donors (Lipinski definition) is 4. The van der Waals surface area contributed by atoms with Crippen LogP contribution in [0.4, 0.5) is 0 Å². The SMILES string of the molecule is CCCC/C=C\CCCCCCCCOCC(COC1OC(CO)C(O)C(OS(=O)(=O)O)C1O)OC(=O)CCCCCCCCCCCCCCCCCCCCCCCCCCC. The number of aliphatic hydroxyl groups excluding tert-OH is 3. The summed E-state index contributed by atoms with van der Waals surface area (Å²) in [6.07, 6.45) is 39.8. The third kappa shape index (κ3) is 36.0. The van der Waals surface area contributed by atoms with E-state index < -0.39 is 59.8 Å². The summed E-state index contributed by atoms with van der Waals surface area (Å²) in [6.45, 7) is 3.99. The van der Waals surface area contributed by atoms with Crippen LogP contribution >= 0.6 is 0 Å². The molecule has 1 aliphatic rings. The molecular formula is C51H98O12S. The summed E-state index contributed by atoms with van der Waals surface area (Å²) in [5.74, 6) is -0.396. The van der Waals surface area contributed by atoms with Gasteiger partial charge in [0, 0.05) is 13.0 Å². The highest BCUT2D eigenvalue weighted by Crippen LogP contribution is 2.26. The molecule has 0 aromatic carbocycles. The highest BCUT2D eigenvalue weighted by molar-refractivity contribution is 7.80. The van der Waals surface area contributed by atoms with E-state index in [1.807, 2.05) is 0 Å². The third-order valence-electron chi connectivity index (χ3n) is 12.4. The maximum atomic E-state index is 12.9.